The first-order valence-electron chi connectivity index (χ1n) is 13.3. The Morgan fingerprint density at radius 1 is 1.18 bits per heavy atom. The molecule has 1 amide bonds. The minimum atomic E-state index is -4.65. The van der Waals surface area contributed by atoms with Gasteiger partial charge in [0.05, 0.1) is 29.8 Å². The van der Waals surface area contributed by atoms with Crippen LogP contribution in [0.4, 0.5) is 30.5 Å². The SMILES string of the molecule is CCc1cc(N2CCNCC2)ccc1Nc1ncc(C(F)(F)F)c(-c2cc3c(s2)C(=O)N(C2COC2)CCS3)n1. The van der Waals surface area contributed by atoms with Crippen LogP contribution in [0.2, 0.25) is 0 Å². The highest BCUT2D eigenvalue weighted by Crippen LogP contribution is 2.43. The summed E-state index contributed by atoms with van der Waals surface area (Å²) >= 11 is 2.54. The van der Waals surface area contributed by atoms with Crippen molar-refractivity contribution in [2.45, 2.75) is 30.5 Å². The normalized spacial score (nSPS) is 18.4. The van der Waals surface area contributed by atoms with Gasteiger partial charge in [0.25, 0.3) is 5.91 Å². The number of alkyl halides is 3. The minimum Gasteiger partial charge on any atom is -0.377 e. The molecule has 1 aromatic carbocycles. The van der Waals surface area contributed by atoms with Gasteiger partial charge in [0.2, 0.25) is 5.95 Å². The van der Waals surface area contributed by atoms with Crippen LogP contribution in [0.25, 0.3) is 10.6 Å². The number of thioether (sulfide) groups is 1. The van der Waals surface area contributed by atoms with Gasteiger partial charge in [-0.15, -0.1) is 23.1 Å². The number of hydrogen-bond acceptors (Lipinski definition) is 9. The van der Waals surface area contributed by atoms with E-state index in [0.29, 0.717) is 40.2 Å². The lowest BCUT2D eigenvalue weighted by molar-refractivity contribution is -0.137. The lowest BCUT2D eigenvalue weighted by atomic mass is 10.1. The Bertz CT molecular complexity index is 1410. The average Bonchev–Trinajstić information content (AvgIpc) is 3.29. The fraction of sp³-hybridized carbons (Fsp3) is 0.444. The van der Waals surface area contributed by atoms with Crippen LogP contribution in [0.5, 0.6) is 0 Å². The number of hydrogen-bond donors (Lipinski definition) is 2. The van der Waals surface area contributed by atoms with Crippen molar-refractivity contribution >= 4 is 46.3 Å². The summed E-state index contributed by atoms with van der Waals surface area (Å²) in [5.41, 5.74) is 1.72. The molecule has 3 aromatic rings. The smallest absolute Gasteiger partial charge is 0.377 e. The number of piperazine rings is 1. The number of nitrogens with zero attached hydrogens (tertiary/aromatic N) is 4. The second-order valence-corrected chi connectivity index (χ2v) is 12.0. The molecule has 2 saturated heterocycles. The zero-order valence-corrected chi connectivity index (χ0v) is 23.5. The molecule has 212 valence electrons. The van der Waals surface area contributed by atoms with Crippen molar-refractivity contribution in [2.75, 3.05) is 61.9 Å². The van der Waals surface area contributed by atoms with E-state index in [9.17, 15) is 18.0 Å². The highest BCUT2D eigenvalue weighted by atomic mass is 32.2. The fourth-order valence-corrected chi connectivity index (χ4v) is 7.37. The van der Waals surface area contributed by atoms with Crippen LogP contribution in [-0.2, 0) is 17.3 Å². The zero-order valence-electron chi connectivity index (χ0n) is 21.9. The molecule has 0 unspecified atom stereocenters. The summed E-state index contributed by atoms with van der Waals surface area (Å²) in [4.78, 5) is 27.2. The van der Waals surface area contributed by atoms with Crippen LogP contribution >= 0.6 is 23.1 Å². The molecule has 13 heteroatoms. The van der Waals surface area contributed by atoms with Gasteiger partial charge in [0.15, 0.2) is 0 Å². The van der Waals surface area contributed by atoms with Crippen LogP contribution in [-0.4, -0.2) is 78.5 Å². The standard InChI is InChI=1S/C27H29F3N6O2S2/c1-2-16-11-17(35-7-5-31-6-8-35)3-4-20(16)33-26-32-13-19(27(28,29)30)23(34-26)21-12-22-24(40-21)25(37)36(9-10-39-22)18-14-38-15-18/h3-4,11-13,18,31H,2,5-10,14-15H2,1H3,(H,32,33,34). The Balaban J connectivity index is 1.32. The first kappa shape index (κ1) is 27.3. The average molecular weight is 591 g/mol. The number of benzene rings is 1. The van der Waals surface area contributed by atoms with E-state index in [2.05, 4.69) is 31.6 Å². The molecule has 6 rings (SSSR count). The van der Waals surface area contributed by atoms with Crippen molar-refractivity contribution in [2.24, 2.45) is 0 Å². The van der Waals surface area contributed by atoms with Crippen LogP contribution < -0.4 is 15.5 Å². The predicted molar refractivity (Wildman–Crippen MR) is 151 cm³/mol. The number of nitrogens with one attached hydrogen (secondary N) is 2. The van der Waals surface area contributed by atoms with Crippen LogP contribution in [0.3, 0.4) is 0 Å². The lowest BCUT2D eigenvalue weighted by Gasteiger charge is -2.36. The largest absolute Gasteiger partial charge is 0.420 e. The van der Waals surface area contributed by atoms with E-state index in [1.54, 1.807) is 11.0 Å². The Kier molecular flexibility index (Phi) is 7.64. The molecule has 0 aliphatic carbocycles. The third kappa shape index (κ3) is 5.39. The topological polar surface area (TPSA) is 82.6 Å². The zero-order chi connectivity index (χ0) is 27.9. The number of aryl methyl sites for hydroxylation is 1. The summed E-state index contributed by atoms with van der Waals surface area (Å²) in [5.74, 6) is 0.573. The highest BCUT2D eigenvalue weighted by Gasteiger charge is 2.38. The number of halogens is 3. The Morgan fingerprint density at radius 3 is 2.67 bits per heavy atom. The number of thiophene rings is 1. The molecule has 0 saturated carbocycles. The molecule has 8 nitrogen and oxygen atoms in total. The molecule has 0 spiro atoms. The highest BCUT2D eigenvalue weighted by molar-refractivity contribution is 7.99. The van der Waals surface area contributed by atoms with Gasteiger partial charge in [0, 0.05) is 60.9 Å². The van der Waals surface area contributed by atoms with Crippen LogP contribution in [0.1, 0.15) is 27.7 Å². The van der Waals surface area contributed by atoms with E-state index in [-0.39, 0.29) is 23.6 Å². The minimum absolute atomic E-state index is 0.0101. The van der Waals surface area contributed by atoms with E-state index in [1.807, 2.05) is 19.1 Å². The molecule has 5 heterocycles. The number of anilines is 3. The predicted octanol–water partition coefficient (Wildman–Crippen LogP) is 4.89. The number of rotatable bonds is 6. The molecule has 3 aliphatic rings. The number of carbonyl (C=O) groups excluding carboxylic acids is 1. The number of ether oxygens (including phenoxy) is 1. The van der Waals surface area contributed by atoms with Crippen LogP contribution in [0.15, 0.2) is 35.4 Å². The molecular formula is C27H29F3N6O2S2. The van der Waals surface area contributed by atoms with E-state index < -0.39 is 11.7 Å². The molecule has 40 heavy (non-hydrogen) atoms. The first-order chi connectivity index (χ1) is 19.3. The van der Waals surface area contributed by atoms with Gasteiger partial charge in [-0.25, -0.2) is 9.97 Å². The summed E-state index contributed by atoms with van der Waals surface area (Å²) in [6, 6.07) is 7.71. The molecule has 2 aromatic heterocycles. The van der Waals surface area contributed by atoms with E-state index in [4.69, 9.17) is 4.74 Å². The van der Waals surface area contributed by atoms with Gasteiger partial charge in [-0.3, -0.25) is 4.79 Å². The van der Waals surface area contributed by atoms with Gasteiger partial charge < -0.3 is 25.2 Å². The number of carbonyl (C=O) groups is 1. The van der Waals surface area contributed by atoms with Gasteiger partial charge in [-0.05, 0) is 36.2 Å². The lowest BCUT2D eigenvalue weighted by Crippen LogP contribution is -2.52. The molecule has 2 fully saturated rings. The molecule has 0 bridgehead atoms. The molecule has 0 radical (unpaired) electrons. The van der Waals surface area contributed by atoms with E-state index in [0.717, 1.165) is 67.1 Å². The van der Waals surface area contributed by atoms with Crippen molar-refractivity contribution in [1.82, 2.24) is 20.2 Å². The van der Waals surface area contributed by atoms with Crippen molar-refractivity contribution in [3.05, 3.63) is 46.5 Å². The van der Waals surface area contributed by atoms with Crippen molar-refractivity contribution in [1.29, 1.82) is 0 Å². The molecule has 3 aliphatic heterocycles. The summed E-state index contributed by atoms with van der Waals surface area (Å²) in [7, 11) is 0. The number of amides is 1. The maximum Gasteiger partial charge on any atom is 0.420 e. The second kappa shape index (κ2) is 11.2. The summed E-state index contributed by atoms with van der Waals surface area (Å²) < 4.78 is 47.5. The van der Waals surface area contributed by atoms with Gasteiger partial charge in [-0.2, -0.15) is 13.2 Å². The summed E-state index contributed by atoms with van der Waals surface area (Å²) in [6.45, 7) is 7.26. The molecular weight excluding hydrogens is 561 g/mol. The monoisotopic (exact) mass is 590 g/mol. The van der Waals surface area contributed by atoms with E-state index in [1.165, 1.54) is 11.8 Å². The molecule has 2 N–H and O–H groups in total. The fourth-order valence-electron chi connectivity index (χ4n) is 5.06. The van der Waals surface area contributed by atoms with Gasteiger partial charge >= 0.3 is 6.18 Å². The third-order valence-electron chi connectivity index (χ3n) is 7.33. The van der Waals surface area contributed by atoms with Gasteiger partial charge in [-0.1, -0.05) is 6.92 Å². The maximum atomic E-state index is 14.1. The van der Waals surface area contributed by atoms with Crippen molar-refractivity contribution in [3.8, 4) is 10.6 Å². The van der Waals surface area contributed by atoms with Crippen LogP contribution in [0, 0.1) is 0 Å². The Morgan fingerprint density at radius 2 is 1.98 bits per heavy atom. The number of aromatic nitrogens is 2. The summed E-state index contributed by atoms with van der Waals surface area (Å²) in [5, 5.41) is 6.50. The summed E-state index contributed by atoms with van der Waals surface area (Å²) in [6.07, 6.45) is -3.10. The first-order valence-corrected chi connectivity index (χ1v) is 15.1. The second-order valence-electron chi connectivity index (χ2n) is 9.85. The Hall–Kier alpha value is -2.87. The quantitative estimate of drug-likeness (QED) is 0.420. The van der Waals surface area contributed by atoms with E-state index >= 15 is 0 Å². The third-order valence-corrected chi connectivity index (χ3v) is 9.61. The Labute approximate surface area is 238 Å². The molecule has 0 atom stereocenters. The van der Waals surface area contributed by atoms with Crippen molar-refractivity contribution in [3.63, 3.8) is 0 Å². The number of fused-ring (bicyclic) bond motifs is 1. The van der Waals surface area contributed by atoms with Gasteiger partial charge in [0.1, 0.15) is 10.4 Å². The maximum absolute atomic E-state index is 14.1. The van der Waals surface area contributed by atoms with Crippen molar-refractivity contribution < 1.29 is 22.7 Å².